The Morgan fingerprint density at radius 2 is 1.97 bits per heavy atom. The second-order valence-electron chi connectivity index (χ2n) is 8.77. The van der Waals surface area contributed by atoms with E-state index >= 15 is 0 Å². The summed E-state index contributed by atoms with van der Waals surface area (Å²) in [6.45, 7) is 2.94. The van der Waals surface area contributed by atoms with Gasteiger partial charge in [-0.3, -0.25) is 14.6 Å². The molecule has 8 heteroatoms. The molecule has 0 spiro atoms. The Bertz CT molecular complexity index is 1270. The Morgan fingerprint density at radius 3 is 2.76 bits per heavy atom. The highest BCUT2D eigenvalue weighted by atomic mass is 35.5. The first-order valence-corrected chi connectivity index (χ1v) is 11.5. The van der Waals surface area contributed by atoms with Crippen molar-refractivity contribution < 1.29 is 14.0 Å². The van der Waals surface area contributed by atoms with Crippen LogP contribution in [0.2, 0.25) is 5.02 Å². The molecule has 1 fully saturated rings. The van der Waals surface area contributed by atoms with Crippen LogP contribution in [0, 0.1) is 18.7 Å². The molecule has 34 heavy (non-hydrogen) atoms. The van der Waals surface area contributed by atoms with Gasteiger partial charge in [0.05, 0.1) is 12.0 Å². The van der Waals surface area contributed by atoms with E-state index in [4.69, 9.17) is 11.6 Å². The summed E-state index contributed by atoms with van der Waals surface area (Å²) in [5.41, 5.74) is 7.58. The Hall–Kier alpha value is -3.42. The van der Waals surface area contributed by atoms with E-state index in [2.05, 4.69) is 21.7 Å². The van der Waals surface area contributed by atoms with E-state index in [1.807, 2.05) is 25.1 Å². The van der Waals surface area contributed by atoms with Gasteiger partial charge in [0.25, 0.3) is 0 Å². The number of nitrogens with one attached hydrogen (secondary N) is 2. The van der Waals surface area contributed by atoms with Crippen molar-refractivity contribution in [3.8, 4) is 0 Å². The van der Waals surface area contributed by atoms with Gasteiger partial charge < -0.3 is 10.2 Å². The third-order valence-corrected chi connectivity index (χ3v) is 6.46. The molecule has 3 aromatic carbocycles. The van der Waals surface area contributed by atoms with Crippen LogP contribution < -0.4 is 15.6 Å². The molecule has 1 saturated heterocycles. The Labute approximate surface area is 202 Å². The first kappa shape index (κ1) is 22.4. The standard InChI is InChI=1S/C26H24ClFN4O2/c1-16-4-2-5-17(10-16)13-31-14-22-25(21-12-19(28)8-9-23(21)31)30-32(26(22)34)15-24(33)29-20-7-3-6-18(27)11-20/h2-12,22,25,30H,13-15H2,1H3,(H,29,33). The van der Waals surface area contributed by atoms with E-state index in [0.717, 1.165) is 22.4 Å². The number of hydrogen-bond donors (Lipinski definition) is 2. The van der Waals surface area contributed by atoms with Gasteiger partial charge in [0.2, 0.25) is 11.8 Å². The molecule has 2 aliphatic heterocycles. The smallest absolute Gasteiger partial charge is 0.245 e. The van der Waals surface area contributed by atoms with Crippen molar-refractivity contribution in [2.75, 3.05) is 23.3 Å². The number of amides is 2. The van der Waals surface area contributed by atoms with Crippen LogP contribution in [-0.2, 0) is 16.1 Å². The van der Waals surface area contributed by atoms with Crippen molar-refractivity contribution in [1.29, 1.82) is 0 Å². The third-order valence-electron chi connectivity index (χ3n) is 6.23. The SMILES string of the molecule is Cc1cccc(CN2CC3C(=O)N(CC(=O)Nc4cccc(Cl)c4)NC3c3cc(F)ccc32)c1. The van der Waals surface area contributed by atoms with Crippen LogP contribution in [0.1, 0.15) is 22.7 Å². The summed E-state index contributed by atoms with van der Waals surface area (Å²) in [6, 6.07) is 19.3. The number of carbonyl (C=O) groups excluding carboxylic acids is 2. The van der Waals surface area contributed by atoms with Crippen molar-refractivity contribution in [1.82, 2.24) is 10.4 Å². The van der Waals surface area contributed by atoms with Crippen LogP contribution in [0.5, 0.6) is 0 Å². The van der Waals surface area contributed by atoms with E-state index < -0.39 is 12.0 Å². The molecule has 2 N–H and O–H groups in total. The minimum atomic E-state index is -0.432. The number of aryl methyl sites for hydroxylation is 1. The van der Waals surface area contributed by atoms with Crippen molar-refractivity contribution in [3.63, 3.8) is 0 Å². The minimum Gasteiger partial charge on any atom is -0.366 e. The van der Waals surface area contributed by atoms with Crippen LogP contribution in [0.15, 0.2) is 66.7 Å². The van der Waals surface area contributed by atoms with Gasteiger partial charge >= 0.3 is 0 Å². The maximum atomic E-state index is 14.2. The number of anilines is 2. The molecule has 0 radical (unpaired) electrons. The van der Waals surface area contributed by atoms with Crippen LogP contribution in [0.25, 0.3) is 0 Å². The first-order chi connectivity index (χ1) is 16.4. The zero-order valence-corrected chi connectivity index (χ0v) is 19.3. The number of benzene rings is 3. The fourth-order valence-corrected chi connectivity index (χ4v) is 4.94. The zero-order valence-electron chi connectivity index (χ0n) is 18.6. The first-order valence-electron chi connectivity index (χ1n) is 11.1. The summed E-state index contributed by atoms with van der Waals surface area (Å²) in [5.74, 6) is -1.33. The van der Waals surface area contributed by atoms with E-state index in [0.29, 0.717) is 23.8 Å². The molecule has 2 heterocycles. The Balaban J connectivity index is 1.36. The largest absolute Gasteiger partial charge is 0.366 e. The van der Waals surface area contributed by atoms with Gasteiger partial charge in [0.1, 0.15) is 12.4 Å². The summed E-state index contributed by atoms with van der Waals surface area (Å²) in [6.07, 6.45) is 0. The average Bonchev–Trinajstić information content (AvgIpc) is 3.09. The van der Waals surface area contributed by atoms with E-state index in [1.165, 1.54) is 17.1 Å². The lowest BCUT2D eigenvalue weighted by Crippen LogP contribution is -2.41. The maximum absolute atomic E-state index is 14.2. The number of halogens is 2. The number of fused-ring (bicyclic) bond motifs is 3. The molecule has 3 aromatic rings. The molecule has 2 unspecified atom stereocenters. The monoisotopic (exact) mass is 478 g/mol. The summed E-state index contributed by atoms with van der Waals surface area (Å²) in [5, 5.41) is 4.60. The third kappa shape index (κ3) is 4.49. The molecule has 174 valence electrons. The molecule has 5 rings (SSSR count). The topological polar surface area (TPSA) is 64.7 Å². The Kier molecular flexibility index (Phi) is 5.98. The number of hydrazine groups is 1. The highest BCUT2D eigenvalue weighted by Crippen LogP contribution is 2.42. The van der Waals surface area contributed by atoms with Crippen molar-refractivity contribution in [2.45, 2.75) is 19.5 Å². The quantitative estimate of drug-likeness (QED) is 0.568. The summed E-state index contributed by atoms with van der Waals surface area (Å²) < 4.78 is 14.2. The lowest BCUT2D eigenvalue weighted by Gasteiger charge is -2.36. The van der Waals surface area contributed by atoms with Crippen molar-refractivity contribution in [2.24, 2.45) is 5.92 Å². The molecular formula is C26H24ClFN4O2. The fourth-order valence-electron chi connectivity index (χ4n) is 4.75. The number of carbonyl (C=O) groups is 2. The molecule has 0 saturated carbocycles. The van der Waals surface area contributed by atoms with Crippen LogP contribution in [-0.4, -0.2) is 29.9 Å². The molecule has 0 aliphatic carbocycles. The van der Waals surface area contributed by atoms with Crippen LogP contribution in [0.4, 0.5) is 15.8 Å². The molecule has 2 aliphatic rings. The van der Waals surface area contributed by atoms with Gasteiger partial charge in [-0.05, 0) is 54.4 Å². The van der Waals surface area contributed by atoms with E-state index in [9.17, 15) is 14.0 Å². The summed E-state index contributed by atoms with van der Waals surface area (Å²) in [4.78, 5) is 28.0. The van der Waals surface area contributed by atoms with Crippen LogP contribution >= 0.6 is 11.6 Å². The molecule has 6 nitrogen and oxygen atoms in total. The van der Waals surface area contributed by atoms with Crippen molar-refractivity contribution in [3.05, 3.63) is 94.3 Å². The summed E-state index contributed by atoms with van der Waals surface area (Å²) >= 11 is 5.98. The van der Waals surface area contributed by atoms with Gasteiger partial charge in [-0.1, -0.05) is 47.5 Å². The van der Waals surface area contributed by atoms with Gasteiger partial charge in [-0.2, -0.15) is 0 Å². The second-order valence-corrected chi connectivity index (χ2v) is 9.21. The van der Waals surface area contributed by atoms with Gasteiger partial charge in [-0.25, -0.2) is 9.82 Å². The van der Waals surface area contributed by atoms with Gasteiger partial charge in [0.15, 0.2) is 0 Å². The number of rotatable bonds is 5. The van der Waals surface area contributed by atoms with Gasteiger partial charge in [0, 0.05) is 29.5 Å². The predicted octanol–water partition coefficient (Wildman–Crippen LogP) is 4.45. The van der Waals surface area contributed by atoms with Gasteiger partial charge in [-0.15, -0.1) is 0 Å². The predicted molar refractivity (Wildman–Crippen MR) is 130 cm³/mol. The minimum absolute atomic E-state index is 0.166. The maximum Gasteiger partial charge on any atom is 0.245 e. The second kappa shape index (κ2) is 9.08. The van der Waals surface area contributed by atoms with E-state index in [1.54, 1.807) is 30.3 Å². The Morgan fingerprint density at radius 1 is 1.15 bits per heavy atom. The molecule has 2 atom stereocenters. The fraction of sp³-hybridized carbons (Fsp3) is 0.231. The highest BCUT2D eigenvalue weighted by Gasteiger charge is 2.46. The summed E-state index contributed by atoms with van der Waals surface area (Å²) in [7, 11) is 0. The highest BCUT2D eigenvalue weighted by molar-refractivity contribution is 6.30. The normalized spacial score (nSPS) is 19.1. The lowest BCUT2D eigenvalue weighted by molar-refractivity contribution is -0.135. The molecular weight excluding hydrogens is 455 g/mol. The average molecular weight is 479 g/mol. The molecule has 0 aromatic heterocycles. The number of hydrogen-bond acceptors (Lipinski definition) is 4. The number of nitrogens with zero attached hydrogens (tertiary/aromatic N) is 2. The van der Waals surface area contributed by atoms with Crippen LogP contribution in [0.3, 0.4) is 0 Å². The zero-order chi connectivity index (χ0) is 23.8. The van der Waals surface area contributed by atoms with E-state index in [-0.39, 0.29) is 24.2 Å². The lowest BCUT2D eigenvalue weighted by atomic mass is 9.87. The van der Waals surface area contributed by atoms with Crippen molar-refractivity contribution >= 4 is 34.8 Å². The molecule has 2 amide bonds. The molecule has 0 bridgehead atoms.